The van der Waals surface area contributed by atoms with Gasteiger partial charge < -0.3 is 19.3 Å². The normalized spacial score (nSPS) is 15.9. The van der Waals surface area contributed by atoms with Gasteiger partial charge in [0.2, 0.25) is 0 Å². The van der Waals surface area contributed by atoms with E-state index in [-0.39, 0.29) is 12.5 Å². The third-order valence-electron chi connectivity index (χ3n) is 4.36. The van der Waals surface area contributed by atoms with E-state index in [0.717, 1.165) is 49.2 Å². The van der Waals surface area contributed by atoms with Crippen LogP contribution in [0.5, 0.6) is 11.5 Å². The smallest absolute Gasteiger partial charge is 0.428 e. The number of fused-ring (bicyclic) bond motifs is 1. The average molecular weight is 421 g/mol. The van der Waals surface area contributed by atoms with Crippen LogP contribution < -0.4 is 14.9 Å². The molecule has 0 fully saturated rings. The van der Waals surface area contributed by atoms with Crippen molar-refractivity contribution in [2.75, 3.05) is 6.61 Å². The number of hydrogen-bond donors (Lipinski definition) is 2. The number of carbonyl (C=O) groups excluding carboxylic acids is 1. The van der Waals surface area contributed by atoms with Gasteiger partial charge in [0, 0.05) is 6.21 Å². The lowest BCUT2D eigenvalue weighted by atomic mass is 10.0. The SMILES string of the molecule is CC(C)(C)OC(=O)NN=CCCCCCOc1ccc2c(c1)CCC(CC(=O)O)O2. The lowest BCUT2D eigenvalue weighted by Crippen LogP contribution is -2.29. The van der Waals surface area contributed by atoms with Crippen LogP contribution >= 0.6 is 0 Å². The van der Waals surface area contributed by atoms with Crippen LogP contribution in [0.25, 0.3) is 0 Å². The number of rotatable bonds is 10. The number of hydrazone groups is 1. The highest BCUT2D eigenvalue weighted by atomic mass is 16.6. The molecule has 8 heteroatoms. The fourth-order valence-corrected chi connectivity index (χ4v) is 3.02. The van der Waals surface area contributed by atoms with E-state index in [2.05, 4.69) is 10.5 Å². The number of hydrogen-bond acceptors (Lipinski definition) is 6. The minimum absolute atomic E-state index is 0.0272. The van der Waals surface area contributed by atoms with Crippen molar-refractivity contribution >= 4 is 18.3 Å². The second-order valence-electron chi connectivity index (χ2n) is 8.27. The maximum Gasteiger partial charge on any atom is 0.428 e. The van der Waals surface area contributed by atoms with Gasteiger partial charge >= 0.3 is 12.1 Å². The van der Waals surface area contributed by atoms with E-state index < -0.39 is 17.7 Å². The number of aryl methyl sites for hydroxylation is 1. The second-order valence-corrected chi connectivity index (χ2v) is 8.27. The first-order valence-corrected chi connectivity index (χ1v) is 10.4. The van der Waals surface area contributed by atoms with Gasteiger partial charge in [0.1, 0.15) is 23.2 Å². The number of nitrogens with zero attached hydrogens (tertiary/aromatic N) is 1. The Bertz CT molecular complexity index is 742. The van der Waals surface area contributed by atoms with Crippen LogP contribution in [-0.4, -0.2) is 41.7 Å². The summed E-state index contributed by atoms with van der Waals surface area (Å²) >= 11 is 0. The quantitative estimate of drug-likeness (QED) is 0.332. The molecule has 1 aromatic carbocycles. The van der Waals surface area contributed by atoms with Crippen molar-refractivity contribution in [3.8, 4) is 11.5 Å². The number of amides is 1. The van der Waals surface area contributed by atoms with Crippen LogP contribution in [0.3, 0.4) is 0 Å². The molecule has 8 nitrogen and oxygen atoms in total. The molecular formula is C22H32N2O6. The summed E-state index contributed by atoms with van der Waals surface area (Å²) < 4.78 is 16.6. The first kappa shape index (κ1) is 23.5. The molecular weight excluding hydrogens is 388 g/mol. The predicted octanol–water partition coefficient (Wildman–Crippen LogP) is 4.30. The van der Waals surface area contributed by atoms with Crippen LogP contribution in [0.1, 0.15) is 64.9 Å². The molecule has 0 spiro atoms. The van der Waals surface area contributed by atoms with Crippen LogP contribution in [0.2, 0.25) is 0 Å². The molecule has 1 atom stereocenters. The van der Waals surface area contributed by atoms with E-state index in [1.807, 2.05) is 18.2 Å². The number of carbonyl (C=O) groups is 2. The molecule has 1 aliphatic rings. The second kappa shape index (κ2) is 11.4. The highest BCUT2D eigenvalue weighted by molar-refractivity contribution is 5.69. The van der Waals surface area contributed by atoms with Crippen molar-refractivity contribution in [2.24, 2.45) is 5.10 Å². The van der Waals surface area contributed by atoms with E-state index in [4.69, 9.17) is 19.3 Å². The molecule has 1 heterocycles. The molecule has 0 aliphatic carbocycles. The Morgan fingerprint density at radius 1 is 1.30 bits per heavy atom. The van der Waals surface area contributed by atoms with Crippen molar-refractivity contribution < 1.29 is 28.9 Å². The van der Waals surface area contributed by atoms with Crippen molar-refractivity contribution in [2.45, 2.75) is 77.4 Å². The number of carboxylic acids is 1. The van der Waals surface area contributed by atoms with Gasteiger partial charge in [-0.25, -0.2) is 10.2 Å². The van der Waals surface area contributed by atoms with Crippen LogP contribution in [0, 0.1) is 0 Å². The average Bonchev–Trinajstić information content (AvgIpc) is 2.64. The van der Waals surface area contributed by atoms with Gasteiger partial charge in [-0.15, -0.1) is 0 Å². The van der Waals surface area contributed by atoms with Gasteiger partial charge in [0.15, 0.2) is 0 Å². The molecule has 0 bridgehead atoms. The third kappa shape index (κ3) is 9.15. The van der Waals surface area contributed by atoms with Gasteiger partial charge in [-0.2, -0.15) is 5.10 Å². The van der Waals surface area contributed by atoms with Gasteiger partial charge in [-0.1, -0.05) is 0 Å². The number of aliphatic carboxylic acids is 1. The zero-order valence-corrected chi connectivity index (χ0v) is 18.0. The Labute approximate surface area is 177 Å². The number of carboxylic acid groups (broad SMARTS) is 1. The molecule has 0 aromatic heterocycles. The highest BCUT2D eigenvalue weighted by Crippen LogP contribution is 2.31. The van der Waals surface area contributed by atoms with Crippen molar-refractivity contribution in [1.29, 1.82) is 0 Å². The molecule has 1 aliphatic heterocycles. The Balaban J connectivity index is 1.58. The molecule has 0 radical (unpaired) electrons. The van der Waals surface area contributed by atoms with Crippen LogP contribution in [-0.2, 0) is 16.0 Å². The summed E-state index contributed by atoms with van der Waals surface area (Å²) in [5.41, 5.74) is 2.87. The molecule has 1 unspecified atom stereocenters. The topological polar surface area (TPSA) is 106 Å². The summed E-state index contributed by atoms with van der Waals surface area (Å²) in [6, 6.07) is 5.69. The molecule has 0 saturated carbocycles. The maximum absolute atomic E-state index is 11.4. The first-order chi connectivity index (χ1) is 14.2. The minimum Gasteiger partial charge on any atom is -0.494 e. The van der Waals surface area contributed by atoms with E-state index in [9.17, 15) is 9.59 Å². The number of ether oxygens (including phenoxy) is 3. The van der Waals surface area contributed by atoms with Gasteiger partial charge in [0.25, 0.3) is 0 Å². The third-order valence-corrected chi connectivity index (χ3v) is 4.36. The fraction of sp³-hybridized carbons (Fsp3) is 0.591. The maximum atomic E-state index is 11.4. The van der Waals surface area contributed by atoms with Crippen molar-refractivity contribution in [3.63, 3.8) is 0 Å². The number of benzene rings is 1. The Hall–Kier alpha value is -2.77. The molecule has 0 saturated heterocycles. The zero-order valence-electron chi connectivity index (χ0n) is 18.0. The predicted molar refractivity (Wildman–Crippen MR) is 113 cm³/mol. The van der Waals surface area contributed by atoms with E-state index in [0.29, 0.717) is 13.0 Å². The Morgan fingerprint density at radius 2 is 2.10 bits per heavy atom. The molecule has 1 aromatic rings. The molecule has 166 valence electrons. The number of nitrogens with one attached hydrogen (secondary N) is 1. The molecule has 30 heavy (non-hydrogen) atoms. The Kier molecular flexibility index (Phi) is 8.95. The van der Waals surface area contributed by atoms with Crippen molar-refractivity contribution in [1.82, 2.24) is 5.43 Å². The van der Waals surface area contributed by atoms with Gasteiger partial charge in [-0.05, 0) is 83.1 Å². The lowest BCUT2D eigenvalue weighted by Gasteiger charge is -2.25. The lowest BCUT2D eigenvalue weighted by molar-refractivity contribution is -0.139. The van der Waals surface area contributed by atoms with E-state index in [1.165, 1.54) is 0 Å². The standard InChI is InChI=1S/C22H32N2O6/c1-22(2,3)30-21(27)24-23-12-6-4-5-7-13-28-17-10-11-19-16(14-17)8-9-18(29-19)15-20(25)26/h10-12,14,18H,4-9,13,15H2,1-3H3,(H,24,27)(H,25,26). The fourth-order valence-electron chi connectivity index (χ4n) is 3.02. The summed E-state index contributed by atoms with van der Waals surface area (Å²) in [6.07, 6.45) is 6.00. The van der Waals surface area contributed by atoms with Gasteiger partial charge in [0.05, 0.1) is 13.0 Å². The minimum atomic E-state index is -0.839. The summed E-state index contributed by atoms with van der Waals surface area (Å²) in [5, 5.41) is 12.7. The summed E-state index contributed by atoms with van der Waals surface area (Å²) in [4.78, 5) is 22.2. The van der Waals surface area contributed by atoms with E-state index in [1.54, 1.807) is 27.0 Å². The van der Waals surface area contributed by atoms with Crippen molar-refractivity contribution in [3.05, 3.63) is 23.8 Å². The van der Waals surface area contributed by atoms with Crippen LogP contribution in [0.15, 0.2) is 23.3 Å². The molecule has 2 rings (SSSR count). The molecule has 1 amide bonds. The monoisotopic (exact) mass is 420 g/mol. The summed E-state index contributed by atoms with van der Waals surface area (Å²) in [7, 11) is 0. The summed E-state index contributed by atoms with van der Waals surface area (Å²) in [5.74, 6) is 0.713. The van der Waals surface area contributed by atoms with Crippen LogP contribution in [0.4, 0.5) is 4.79 Å². The van der Waals surface area contributed by atoms with E-state index >= 15 is 0 Å². The first-order valence-electron chi connectivity index (χ1n) is 10.4. The number of unbranched alkanes of at least 4 members (excludes halogenated alkanes) is 3. The zero-order chi connectivity index (χ0) is 22.0. The largest absolute Gasteiger partial charge is 0.494 e. The highest BCUT2D eigenvalue weighted by Gasteiger charge is 2.22. The van der Waals surface area contributed by atoms with Gasteiger partial charge in [-0.3, -0.25) is 4.79 Å². The molecule has 2 N–H and O–H groups in total. The Morgan fingerprint density at radius 3 is 2.83 bits per heavy atom. The summed E-state index contributed by atoms with van der Waals surface area (Å²) in [6.45, 7) is 6.02.